The maximum atomic E-state index is 13.7. The number of hydrogen-bond donors (Lipinski definition) is 0. The molecule has 2 aromatic rings. The van der Waals surface area contributed by atoms with Gasteiger partial charge >= 0.3 is 0 Å². The van der Waals surface area contributed by atoms with Crippen molar-refractivity contribution in [2.75, 3.05) is 0 Å². The number of rotatable bonds is 5. The summed E-state index contributed by atoms with van der Waals surface area (Å²) in [6.45, 7) is 0.395. The Balaban J connectivity index is 2.08. The molecule has 0 spiro atoms. The van der Waals surface area contributed by atoms with Crippen molar-refractivity contribution in [2.45, 2.75) is 15.5 Å². The lowest BCUT2D eigenvalue weighted by Crippen LogP contribution is -1.99. The number of ether oxygens (including phenoxy) is 1. The lowest BCUT2D eigenvalue weighted by atomic mass is 10.1. The molecule has 0 aliphatic heterocycles. The summed E-state index contributed by atoms with van der Waals surface area (Å²) in [5.74, 6) is 0.716. The lowest BCUT2D eigenvalue weighted by Gasteiger charge is -2.10. The van der Waals surface area contributed by atoms with Crippen molar-refractivity contribution < 1.29 is 9.13 Å². The van der Waals surface area contributed by atoms with Crippen molar-refractivity contribution in [3.63, 3.8) is 0 Å². The minimum atomic E-state index is -0.155. The van der Waals surface area contributed by atoms with Crippen LogP contribution >= 0.6 is 45.2 Å². The van der Waals surface area contributed by atoms with Crippen LogP contribution in [0.3, 0.4) is 0 Å². The molecule has 0 aromatic heterocycles. The largest absolute Gasteiger partial charge is 0.489 e. The summed E-state index contributed by atoms with van der Waals surface area (Å²) in [6.07, 6.45) is 0. The van der Waals surface area contributed by atoms with Gasteiger partial charge < -0.3 is 4.74 Å². The Kier molecular flexibility index (Phi) is 5.87. The van der Waals surface area contributed by atoms with E-state index in [0.29, 0.717) is 11.0 Å². The Morgan fingerprint density at radius 2 is 1.68 bits per heavy atom. The highest BCUT2D eigenvalue weighted by Crippen LogP contribution is 2.22. The monoisotopic (exact) mass is 482 g/mol. The van der Waals surface area contributed by atoms with Crippen LogP contribution in [-0.4, -0.2) is 0 Å². The van der Waals surface area contributed by atoms with Crippen molar-refractivity contribution >= 4 is 45.2 Å². The second-order valence-corrected chi connectivity index (χ2v) is 5.62. The Labute approximate surface area is 139 Å². The van der Waals surface area contributed by atoms with Gasteiger partial charge in [0.25, 0.3) is 0 Å². The second kappa shape index (κ2) is 7.42. The highest BCUT2D eigenvalue weighted by Gasteiger charge is 2.05. The number of benzene rings is 2. The van der Waals surface area contributed by atoms with E-state index in [4.69, 9.17) is 4.74 Å². The lowest BCUT2D eigenvalue weighted by molar-refractivity contribution is 0.303. The van der Waals surface area contributed by atoms with Crippen LogP contribution in [-0.2, 0) is 15.5 Å². The molecule has 0 atom stereocenters. The molecule has 2 aromatic carbocycles. The quantitative estimate of drug-likeness (QED) is 0.417. The molecule has 0 heterocycles. The summed E-state index contributed by atoms with van der Waals surface area (Å²) in [5.41, 5.74) is 2.75. The Bertz CT molecular complexity index is 558. The third-order valence-corrected chi connectivity index (χ3v) is 4.42. The van der Waals surface area contributed by atoms with Crippen molar-refractivity contribution in [3.05, 3.63) is 65.0 Å². The van der Waals surface area contributed by atoms with Gasteiger partial charge in [0.05, 0.1) is 0 Å². The number of alkyl halides is 2. The minimum Gasteiger partial charge on any atom is -0.489 e. The van der Waals surface area contributed by atoms with Crippen LogP contribution in [0.25, 0.3) is 0 Å². The van der Waals surface area contributed by atoms with Gasteiger partial charge in [0.15, 0.2) is 0 Å². The highest BCUT2D eigenvalue weighted by atomic mass is 127. The van der Waals surface area contributed by atoms with Gasteiger partial charge in [0.2, 0.25) is 0 Å². The maximum Gasteiger partial charge on any atom is 0.127 e. The Morgan fingerprint density at radius 1 is 0.947 bits per heavy atom. The molecule has 1 nitrogen and oxygen atoms in total. The molecule has 4 heteroatoms. The summed E-state index contributed by atoms with van der Waals surface area (Å²) >= 11 is 4.47. The van der Waals surface area contributed by atoms with Gasteiger partial charge in [-0.05, 0) is 23.3 Å². The molecule has 0 bridgehead atoms. The van der Waals surface area contributed by atoms with E-state index in [-0.39, 0.29) is 5.82 Å². The van der Waals surface area contributed by atoms with E-state index in [0.717, 1.165) is 26.9 Å². The first-order valence-corrected chi connectivity index (χ1v) is 8.89. The summed E-state index contributed by atoms with van der Waals surface area (Å²) in [5, 5.41) is 0. The highest BCUT2D eigenvalue weighted by molar-refractivity contribution is 14.1. The number of hydrogen-bond acceptors (Lipinski definition) is 1. The fourth-order valence-electron chi connectivity index (χ4n) is 1.71. The molecule has 100 valence electrons. The van der Waals surface area contributed by atoms with E-state index in [2.05, 4.69) is 45.2 Å². The predicted octanol–water partition coefficient (Wildman–Crippen LogP) is 5.27. The average molecular weight is 482 g/mol. The molecular formula is C15H13FI2O. The molecule has 0 saturated heterocycles. The molecule has 0 N–H and O–H groups in total. The van der Waals surface area contributed by atoms with Gasteiger partial charge in [-0.15, -0.1) is 0 Å². The van der Waals surface area contributed by atoms with Crippen molar-refractivity contribution in [1.82, 2.24) is 0 Å². The van der Waals surface area contributed by atoms with E-state index in [1.807, 2.05) is 36.4 Å². The minimum absolute atomic E-state index is 0.155. The zero-order valence-electron chi connectivity index (χ0n) is 10.2. The molecule has 0 radical (unpaired) electrons. The number of para-hydroxylation sites is 1. The summed E-state index contributed by atoms with van der Waals surface area (Å²) in [4.78, 5) is 0. The fraction of sp³-hybridized carbons (Fsp3) is 0.200. The van der Waals surface area contributed by atoms with Crippen LogP contribution in [0.1, 0.15) is 16.7 Å². The summed E-state index contributed by atoms with van der Waals surface area (Å²) in [7, 11) is 0. The molecule has 0 aliphatic rings. The first kappa shape index (κ1) is 15.0. The van der Waals surface area contributed by atoms with Crippen LogP contribution in [0.5, 0.6) is 5.75 Å². The van der Waals surface area contributed by atoms with Crippen molar-refractivity contribution in [3.8, 4) is 5.75 Å². The van der Waals surface area contributed by atoms with E-state index < -0.39 is 0 Å². The van der Waals surface area contributed by atoms with Gasteiger partial charge in [-0.1, -0.05) is 75.5 Å². The van der Waals surface area contributed by atoms with Crippen LogP contribution in [0, 0.1) is 5.82 Å². The van der Waals surface area contributed by atoms with Crippen LogP contribution in [0.15, 0.2) is 42.5 Å². The van der Waals surface area contributed by atoms with E-state index in [1.54, 1.807) is 6.07 Å². The van der Waals surface area contributed by atoms with E-state index in [9.17, 15) is 4.39 Å². The van der Waals surface area contributed by atoms with Crippen molar-refractivity contribution in [2.24, 2.45) is 0 Å². The Morgan fingerprint density at radius 3 is 2.37 bits per heavy atom. The maximum absolute atomic E-state index is 13.7. The zero-order chi connectivity index (χ0) is 13.7. The molecule has 0 fully saturated rings. The third-order valence-electron chi connectivity index (χ3n) is 2.77. The van der Waals surface area contributed by atoms with Crippen LogP contribution < -0.4 is 4.74 Å². The SMILES string of the molecule is Fc1cc(COc2ccccc2CI)ccc1CI. The van der Waals surface area contributed by atoms with Crippen LogP contribution in [0.4, 0.5) is 4.39 Å². The first-order valence-electron chi connectivity index (χ1n) is 5.84. The molecule has 0 saturated carbocycles. The van der Waals surface area contributed by atoms with Gasteiger partial charge in [-0.2, -0.15) is 0 Å². The third kappa shape index (κ3) is 4.05. The molecular weight excluding hydrogens is 469 g/mol. The van der Waals surface area contributed by atoms with Gasteiger partial charge in [0, 0.05) is 14.4 Å². The average Bonchev–Trinajstić information content (AvgIpc) is 2.45. The summed E-state index contributed by atoms with van der Waals surface area (Å²) < 4.78 is 21.0. The molecule has 19 heavy (non-hydrogen) atoms. The molecule has 2 rings (SSSR count). The second-order valence-electron chi connectivity index (χ2n) is 4.09. The van der Waals surface area contributed by atoms with Gasteiger partial charge in [-0.3, -0.25) is 0 Å². The van der Waals surface area contributed by atoms with Gasteiger partial charge in [0.1, 0.15) is 18.2 Å². The van der Waals surface area contributed by atoms with E-state index in [1.165, 1.54) is 0 Å². The van der Waals surface area contributed by atoms with Crippen LogP contribution in [0.2, 0.25) is 0 Å². The topological polar surface area (TPSA) is 9.23 Å². The van der Waals surface area contributed by atoms with E-state index >= 15 is 0 Å². The zero-order valence-corrected chi connectivity index (χ0v) is 14.5. The number of halogens is 3. The standard InChI is InChI=1S/C15H13FI2O/c16-14-7-11(5-6-12(14)8-17)10-19-15-4-2-1-3-13(15)9-18/h1-7H,8-10H2. The normalized spacial score (nSPS) is 10.5. The smallest absolute Gasteiger partial charge is 0.127 e. The first-order chi connectivity index (χ1) is 9.24. The fourth-order valence-corrected chi connectivity index (χ4v) is 2.95. The molecule has 0 unspecified atom stereocenters. The summed E-state index contributed by atoms with van der Waals surface area (Å²) in [6, 6.07) is 13.2. The molecule has 0 aliphatic carbocycles. The predicted molar refractivity (Wildman–Crippen MR) is 92.6 cm³/mol. The van der Waals surface area contributed by atoms with Crippen molar-refractivity contribution in [1.29, 1.82) is 0 Å². The molecule has 0 amide bonds. The van der Waals surface area contributed by atoms with Gasteiger partial charge in [-0.25, -0.2) is 4.39 Å². The Hall–Kier alpha value is -0.370.